The van der Waals surface area contributed by atoms with Crippen molar-refractivity contribution in [1.29, 1.82) is 0 Å². The summed E-state index contributed by atoms with van der Waals surface area (Å²) < 4.78 is 0. The Morgan fingerprint density at radius 2 is 2.20 bits per heavy atom. The topological polar surface area (TPSA) is 91.2 Å². The highest BCUT2D eigenvalue weighted by atomic mass is 17.5. The molecule has 0 amide bonds. The Balaban J connectivity index is 2.89. The van der Waals surface area contributed by atoms with Gasteiger partial charge in [0.2, 0.25) is 0 Å². The van der Waals surface area contributed by atoms with Crippen molar-refractivity contribution in [3.05, 3.63) is 0 Å². The number of hydrogen-bond acceptors (Lipinski definition) is 6. The van der Waals surface area contributed by atoms with Crippen LogP contribution in [0.3, 0.4) is 0 Å². The van der Waals surface area contributed by atoms with Crippen molar-refractivity contribution in [2.45, 2.75) is 6.10 Å². The molecule has 0 aromatic heterocycles. The zero-order chi connectivity index (χ0) is 7.82. The summed E-state index contributed by atoms with van der Waals surface area (Å²) in [5.41, 5.74) is 0. The molecule has 0 rings (SSSR count). The van der Waals surface area contributed by atoms with Crippen molar-refractivity contribution < 1.29 is 25.4 Å². The Morgan fingerprint density at radius 3 is 2.70 bits per heavy atom. The Labute approximate surface area is 57.9 Å². The molecule has 6 nitrogen and oxygen atoms in total. The maximum absolute atomic E-state index is 8.69. The maximum atomic E-state index is 8.69. The standard InChI is InChI=1S/C4H11NO5/c6-2-4(7)1-5-3-9-10-8/h4-8H,1-3H2. The number of hydrogen-bond donors (Lipinski definition) is 4. The number of rotatable bonds is 6. The van der Waals surface area contributed by atoms with Crippen LogP contribution in [0.2, 0.25) is 0 Å². The molecule has 0 heterocycles. The smallest absolute Gasteiger partial charge is 0.136 e. The van der Waals surface area contributed by atoms with E-state index in [4.69, 9.17) is 15.5 Å². The summed E-state index contributed by atoms with van der Waals surface area (Å²) in [5, 5.41) is 30.4. The molecule has 0 aliphatic carbocycles. The third kappa shape index (κ3) is 5.89. The van der Waals surface area contributed by atoms with Crippen molar-refractivity contribution >= 4 is 0 Å². The molecule has 0 aromatic rings. The van der Waals surface area contributed by atoms with Gasteiger partial charge < -0.3 is 10.2 Å². The number of nitrogens with one attached hydrogen (secondary N) is 1. The van der Waals surface area contributed by atoms with E-state index in [0.29, 0.717) is 0 Å². The Kier molecular flexibility index (Phi) is 6.71. The molecule has 0 saturated heterocycles. The molecule has 0 bridgehead atoms. The average molecular weight is 153 g/mol. The third-order valence-electron chi connectivity index (χ3n) is 0.804. The van der Waals surface area contributed by atoms with Gasteiger partial charge in [-0.2, -0.15) is 4.89 Å². The van der Waals surface area contributed by atoms with Crippen molar-refractivity contribution in [3.63, 3.8) is 0 Å². The normalized spacial score (nSPS) is 13.5. The lowest BCUT2D eigenvalue weighted by Gasteiger charge is -2.06. The van der Waals surface area contributed by atoms with Crippen molar-refractivity contribution in [2.24, 2.45) is 0 Å². The molecule has 0 aliphatic rings. The van der Waals surface area contributed by atoms with Crippen LogP contribution in [0.25, 0.3) is 0 Å². The summed E-state index contributed by atoms with van der Waals surface area (Å²) in [6, 6.07) is 0. The van der Waals surface area contributed by atoms with Gasteiger partial charge in [0.05, 0.1) is 12.7 Å². The van der Waals surface area contributed by atoms with Gasteiger partial charge >= 0.3 is 0 Å². The Morgan fingerprint density at radius 1 is 1.50 bits per heavy atom. The van der Waals surface area contributed by atoms with Crippen LogP contribution in [-0.4, -0.2) is 41.5 Å². The second-order valence-corrected chi connectivity index (χ2v) is 1.63. The summed E-state index contributed by atoms with van der Waals surface area (Å²) in [7, 11) is 0. The minimum Gasteiger partial charge on any atom is -0.394 e. The third-order valence-corrected chi connectivity index (χ3v) is 0.804. The van der Waals surface area contributed by atoms with Crippen LogP contribution in [0.4, 0.5) is 0 Å². The van der Waals surface area contributed by atoms with Gasteiger partial charge in [-0.3, -0.25) is 5.32 Å². The highest BCUT2D eigenvalue weighted by Crippen LogP contribution is 1.76. The quantitative estimate of drug-likeness (QED) is 0.157. The van der Waals surface area contributed by atoms with Crippen LogP contribution in [-0.2, 0) is 9.93 Å². The van der Waals surface area contributed by atoms with Gasteiger partial charge in [-0.25, -0.2) is 5.26 Å². The van der Waals surface area contributed by atoms with Crippen LogP contribution < -0.4 is 5.32 Å². The molecule has 0 fully saturated rings. The van der Waals surface area contributed by atoms with E-state index in [0.717, 1.165) is 0 Å². The van der Waals surface area contributed by atoms with E-state index in [1.54, 1.807) is 0 Å². The van der Waals surface area contributed by atoms with Crippen molar-refractivity contribution in [3.8, 4) is 0 Å². The van der Waals surface area contributed by atoms with Crippen LogP contribution in [0.1, 0.15) is 0 Å². The zero-order valence-corrected chi connectivity index (χ0v) is 5.36. The van der Waals surface area contributed by atoms with Crippen molar-refractivity contribution in [2.75, 3.05) is 19.9 Å². The van der Waals surface area contributed by atoms with E-state index < -0.39 is 6.10 Å². The predicted octanol–water partition coefficient (Wildman–Crippen LogP) is -1.69. The summed E-state index contributed by atoms with van der Waals surface area (Å²) in [6.07, 6.45) is -0.817. The Bertz CT molecular complexity index is 70.7. The summed E-state index contributed by atoms with van der Waals surface area (Å²) in [4.78, 5) is 3.98. The number of aliphatic hydroxyl groups excluding tert-OH is 2. The molecule has 62 valence electrons. The van der Waals surface area contributed by atoms with Gasteiger partial charge in [0.15, 0.2) is 0 Å². The summed E-state index contributed by atoms with van der Waals surface area (Å²) in [6.45, 7) is -0.180. The molecule has 0 aliphatic heterocycles. The molecule has 10 heavy (non-hydrogen) atoms. The monoisotopic (exact) mass is 153 g/mol. The average Bonchev–Trinajstić information content (AvgIpc) is 1.98. The lowest BCUT2D eigenvalue weighted by molar-refractivity contribution is -0.492. The van der Waals surface area contributed by atoms with Gasteiger partial charge in [0.1, 0.15) is 6.73 Å². The van der Waals surface area contributed by atoms with Gasteiger partial charge in [-0.15, -0.1) is 0 Å². The molecule has 6 heteroatoms. The summed E-state index contributed by atoms with van der Waals surface area (Å²) >= 11 is 0. The minimum absolute atomic E-state index is 0.0481. The predicted molar refractivity (Wildman–Crippen MR) is 30.8 cm³/mol. The van der Waals surface area contributed by atoms with Gasteiger partial charge in [-0.1, -0.05) is 5.04 Å². The fraction of sp³-hybridized carbons (Fsp3) is 1.00. The first kappa shape index (κ1) is 9.76. The largest absolute Gasteiger partial charge is 0.394 e. The van der Waals surface area contributed by atoms with E-state index in [9.17, 15) is 0 Å². The van der Waals surface area contributed by atoms with Crippen molar-refractivity contribution in [1.82, 2.24) is 5.32 Å². The van der Waals surface area contributed by atoms with Crippen LogP contribution in [0.15, 0.2) is 0 Å². The highest BCUT2D eigenvalue weighted by molar-refractivity contribution is 4.53. The van der Waals surface area contributed by atoms with E-state index >= 15 is 0 Å². The van der Waals surface area contributed by atoms with E-state index in [-0.39, 0.29) is 19.9 Å². The molecule has 0 radical (unpaired) electrons. The fourth-order valence-electron chi connectivity index (χ4n) is 0.358. The Hall–Kier alpha value is -0.240. The number of aliphatic hydroxyl groups is 2. The fourth-order valence-corrected chi connectivity index (χ4v) is 0.358. The van der Waals surface area contributed by atoms with Crippen LogP contribution >= 0.6 is 0 Å². The molecule has 0 saturated carbocycles. The van der Waals surface area contributed by atoms with E-state index in [2.05, 4.69) is 15.2 Å². The van der Waals surface area contributed by atoms with Gasteiger partial charge in [0, 0.05) is 6.54 Å². The molecular formula is C4H11NO5. The van der Waals surface area contributed by atoms with Crippen LogP contribution in [0.5, 0.6) is 0 Å². The molecule has 0 aromatic carbocycles. The second-order valence-electron chi connectivity index (χ2n) is 1.63. The van der Waals surface area contributed by atoms with E-state index in [1.165, 1.54) is 0 Å². The zero-order valence-electron chi connectivity index (χ0n) is 5.36. The first-order valence-corrected chi connectivity index (χ1v) is 2.74. The molecule has 1 atom stereocenters. The minimum atomic E-state index is -0.817. The lowest BCUT2D eigenvalue weighted by atomic mass is 10.4. The van der Waals surface area contributed by atoms with E-state index in [1.807, 2.05) is 0 Å². The van der Waals surface area contributed by atoms with Gasteiger partial charge in [-0.05, 0) is 0 Å². The highest BCUT2D eigenvalue weighted by Gasteiger charge is 1.98. The maximum Gasteiger partial charge on any atom is 0.136 e. The van der Waals surface area contributed by atoms with Crippen LogP contribution in [0, 0.1) is 0 Å². The molecule has 4 N–H and O–H groups in total. The first-order chi connectivity index (χ1) is 4.81. The first-order valence-electron chi connectivity index (χ1n) is 2.74. The van der Waals surface area contributed by atoms with Gasteiger partial charge in [0.25, 0.3) is 0 Å². The summed E-state index contributed by atoms with van der Waals surface area (Å²) in [5.74, 6) is 0. The molecular weight excluding hydrogens is 142 g/mol. The second kappa shape index (κ2) is 6.87. The molecule has 0 spiro atoms. The lowest BCUT2D eigenvalue weighted by Crippen LogP contribution is -2.30. The molecule has 1 unspecified atom stereocenters. The SMILES string of the molecule is OCC(O)CNCOOO.